The molecule has 11 heteroatoms. The number of carbonyl (C=O) groups excluding carboxylic acids is 1. The van der Waals surface area contributed by atoms with Crippen LogP contribution in [0.25, 0.3) is 0 Å². The summed E-state index contributed by atoms with van der Waals surface area (Å²) in [6, 6.07) is 5.54. The van der Waals surface area contributed by atoms with Crippen LogP contribution in [-0.2, 0) is 4.79 Å². The molecule has 0 saturated carbocycles. The largest absolute Gasteiger partial charge is 0.872 e. The van der Waals surface area contributed by atoms with E-state index >= 15 is 0 Å². The Bertz CT molecular complexity index is 590. The van der Waals surface area contributed by atoms with Crippen LogP contribution in [0.4, 0.5) is 0 Å². The van der Waals surface area contributed by atoms with Gasteiger partial charge in [-0.25, -0.2) is 4.79 Å². The number of carboxylic acids is 1. The van der Waals surface area contributed by atoms with Gasteiger partial charge in [0.2, 0.25) is 0 Å². The van der Waals surface area contributed by atoms with Crippen molar-refractivity contribution in [3.63, 3.8) is 0 Å². The van der Waals surface area contributed by atoms with E-state index in [9.17, 15) is 14.7 Å². The quantitative estimate of drug-likeness (QED) is 0.165. The normalized spacial score (nSPS) is 14.8. The third-order valence-corrected chi connectivity index (χ3v) is 3.31. The lowest BCUT2D eigenvalue weighted by atomic mass is 10.0. The second-order valence-corrected chi connectivity index (χ2v) is 6.90. The first-order valence-corrected chi connectivity index (χ1v) is 8.51. The molecule has 4 atom stereocenters. The number of para-hydroxylation sites is 1. The van der Waals surface area contributed by atoms with E-state index in [0.29, 0.717) is 0 Å². The smallest absolute Gasteiger partial charge is 0.335 e. The van der Waals surface area contributed by atoms with Crippen LogP contribution in [0.5, 0.6) is 5.75 Å². The second kappa shape index (κ2) is 14.8. The lowest BCUT2D eigenvalue weighted by Crippen LogP contribution is -2.46. The molecule has 0 aliphatic carbocycles. The molecule has 7 N–H and O–H groups in total. The molecule has 0 amide bonds. The summed E-state index contributed by atoms with van der Waals surface area (Å²) in [4.78, 5) is 20.1. The van der Waals surface area contributed by atoms with Crippen LogP contribution in [0.15, 0.2) is 24.3 Å². The van der Waals surface area contributed by atoms with Gasteiger partial charge in [-0.15, -0.1) is 0 Å². The predicted molar refractivity (Wildman–Crippen MR) is 100 cm³/mol. The van der Waals surface area contributed by atoms with Gasteiger partial charge < -0.3 is 50.1 Å². The van der Waals surface area contributed by atoms with Crippen molar-refractivity contribution in [3.05, 3.63) is 29.8 Å². The van der Waals surface area contributed by atoms with Crippen LogP contribution in [0.3, 0.4) is 0 Å². The molecular formula is C18H31NO10. The van der Waals surface area contributed by atoms with Gasteiger partial charge in [0.1, 0.15) is 31.0 Å². The number of aromatic carboxylic acids is 1. The lowest BCUT2D eigenvalue weighted by Gasteiger charge is -2.22. The van der Waals surface area contributed by atoms with Crippen molar-refractivity contribution in [1.29, 1.82) is 0 Å². The monoisotopic (exact) mass is 421 g/mol. The van der Waals surface area contributed by atoms with Crippen LogP contribution >= 0.6 is 0 Å². The molecule has 1 aromatic rings. The Labute approximate surface area is 168 Å². The van der Waals surface area contributed by atoms with E-state index in [1.807, 2.05) is 0 Å². The molecule has 1 rings (SSSR count). The minimum absolute atomic E-state index is 0.0258. The average Bonchev–Trinajstić information content (AvgIpc) is 2.65. The number of benzene rings is 1. The molecule has 0 aliphatic heterocycles. The average molecular weight is 421 g/mol. The van der Waals surface area contributed by atoms with Gasteiger partial charge in [-0.1, -0.05) is 23.9 Å². The minimum atomic E-state index is -1.79. The topological polar surface area (TPSA) is 199 Å². The maximum Gasteiger partial charge on any atom is 0.335 e. The van der Waals surface area contributed by atoms with E-state index in [4.69, 9.17) is 35.7 Å². The van der Waals surface area contributed by atoms with Gasteiger partial charge in [-0.3, -0.25) is 0 Å². The summed E-state index contributed by atoms with van der Waals surface area (Å²) in [5.74, 6) is -1.62. The highest BCUT2D eigenvalue weighted by atomic mass is 16.4. The molecule has 0 heterocycles. The molecule has 0 fully saturated rings. The zero-order valence-corrected chi connectivity index (χ0v) is 16.6. The maximum absolute atomic E-state index is 10.7. The molecule has 1 aromatic carbocycles. The number of nitrogens with zero attached hydrogens (tertiary/aromatic N) is 1. The molecule has 0 aliphatic rings. The third-order valence-electron chi connectivity index (χ3n) is 3.31. The SMILES string of the molecule is C[N+](C)(C)CCO.O=C(O)c1ccccc1[O-].O=C[C@H](O)[C@@H](O)[C@H](O)[C@H](O)CO. The van der Waals surface area contributed by atoms with Crippen molar-refractivity contribution in [2.75, 3.05) is 40.9 Å². The number of carboxylic acid groups (broad SMARTS) is 1. The van der Waals surface area contributed by atoms with E-state index < -0.39 is 42.7 Å². The summed E-state index contributed by atoms with van der Waals surface area (Å²) in [7, 11) is 6.16. The molecule has 0 unspecified atom stereocenters. The van der Waals surface area contributed by atoms with E-state index in [2.05, 4.69) is 21.1 Å². The Morgan fingerprint density at radius 3 is 1.86 bits per heavy atom. The predicted octanol–water partition coefficient (Wildman–Crippen LogP) is -3.24. The molecular weight excluding hydrogens is 390 g/mol. The van der Waals surface area contributed by atoms with Crippen molar-refractivity contribution >= 4 is 12.3 Å². The molecule has 0 radical (unpaired) electrons. The summed E-state index contributed by atoms with van der Waals surface area (Å²) < 4.78 is 0.844. The minimum Gasteiger partial charge on any atom is -0.872 e. The summed E-state index contributed by atoms with van der Waals surface area (Å²) in [6.07, 6.45) is -6.84. The van der Waals surface area contributed by atoms with E-state index in [1.165, 1.54) is 24.3 Å². The van der Waals surface area contributed by atoms with Gasteiger partial charge in [0, 0.05) is 0 Å². The molecule has 0 saturated heterocycles. The molecule has 29 heavy (non-hydrogen) atoms. The van der Waals surface area contributed by atoms with Crippen molar-refractivity contribution in [1.82, 2.24) is 0 Å². The number of likely N-dealkylation sites (N-methyl/N-ethyl adjacent to an activating group) is 1. The fourth-order valence-corrected chi connectivity index (χ4v) is 1.56. The van der Waals surface area contributed by atoms with Crippen molar-refractivity contribution in [3.8, 4) is 5.75 Å². The van der Waals surface area contributed by atoms with Gasteiger partial charge in [-0.05, 0) is 6.07 Å². The van der Waals surface area contributed by atoms with Crippen LogP contribution in [0.2, 0.25) is 0 Å². The number of aliphatic hydroxyl groups is 6. The number of aldehydes is 1. The first-order valence-electron chi connectivity index (χ1n) is 8.51. The van der Waals surface area contributed by atoms with Crippen molar-refractivity contribution < 1.29 is 54.9 Å². The molecule has 11 nitrogen and oxygen atoms in total. The van der Waals surface area contributed by atoms with E-state index in [0.717, 1.165) is 11.0 Å². The van der Waals surface area contributed by atoms with Crippen molar-refractivity contribution in [2.24, 2.45) is 0 Å². The number of rotatable bonds is 8. The number of hydrogen-bond acceptors (Lipinski definition) is 9. The van der Waals surface area contributed by atoms with Crippen LogP contribution in [0.1, 0.15) is 10.4 Å². The highest BCUT2D eigenvalue weighted by Crippen LogP contribution is 2.10. The van der Waals surface area contributed by atoms with Crippen LogP contribution in [-0.4, -0.2) is 118 Å². The Hall–Kier alpha value is -2.12. The first kappa shape index (κ1) is 29.1. The van der Waals surface area contributed by atoms with Gasteiger partial charge in [0.25, 0.3) is 0 Å². The number of carbonyl (C=O) groups is 2. The second-order valence-electron chi connectivity index (χ2n) is 6.90. The maximum atomic E-state index is 10.7. The third kappa shape index (κ3) is 13.7. The van der Waals surface area contributed by atoms with Crippen LogP contribution in [0, 0.1) is 0 Å². The standard InChI is InChI=1S/C7H6O3.C6H12O6.C5H14NO/c8-6-4-2-1-3-5(6)7(9)10;7-1-3(9)5(11)6(12)4(10)2-8;1-6(2,3)4-5-7/h1-4,8H,(H,9,10);1,3-6,8-12H,2H2;7H,4-5H2,1-3H3/q;;+1/p-1/t;3-,4+,5+,6+;/m.0./s1. The van der Waals surface area contributed by atoms with Gasteiger partial charge >= 0.3 is 5.97 Å². The highest BCUT2D eigenvalue weighted by Gasteiger charge is 2.29. The Morgan fingerprint density at radius 1 is 1.07 bits per heavy atom. The fraction of sp³-hybridized carbons (Fsp3) is 0.556. The van der Waals surface area contributed by atoms with E-state index in [-0.39, 0.29) is 18.5 Å². The number of quaternary nitrogens is 1. The lowest BCUT2D eigenvalue weighted by molar-refractivity contribution is -0.870. The highest BCUT2D eigenvalue weighted by molar-refractivity contribution is 5.90. The molecule has 0 spiro atoms. The Kier molecular flexibility index (Phi) is 14.9. The van der Waals surface area contributed by atoms with Gasteiger partial charge in [0.05, 0.1) is 39.9 Å². The molecule has 168 valence electrons. The van der Waals surface area contributed by atoms with Crippen molar-refractivity contribution in [2.45, 2.75) is 24.4 Å². The Morgan fingerprint density at radius 2 is 1.59 bits per heavy atom. The summed E-state index contributed by atoms with van der Waals surface area (Å²) in [5.41, 5.74) is -0.178. The molecule has 0 bridgehead atoms. The number of hydrogen-bond donors (Lipinski definition) is 7. The van der Waals surface area contributed by atoms with E-state index in [1.54, 1.807) is 0 Å². The summed E-state index contributed by atoms with van der Waals surface area (Å²) >= 11 is 0. The van der Waals surface area contributed by atoms with Gasteiger partial charge in [0.15, 0.2) is 6.29 Å². The zero-order valence-electron chi connectivity index (χ0n) is 16.6. The number of aliphatic hydroxyl groups excluding tert-OH is 6. The van der Waals surface area contributed by atoms with Crippen LogP contribution < -0.4 is 5.11 Å². The Balaban J connectivity index is 0. The summed E-state index contributed by atoms with van der Waals surface area (Å²) in [5, 5.41) is 71.0. The fourth-order valence-electron chi connectivity index (χ4n) is 1.56. The first-order chi connectivity index (χ1) is 13.3. The summed E-state index contributed by atoms with van der Waals surface area (Å²) in [6.45, 7) is 0.354. The van der Waals surface area contributed by atoms with Gasteiger partial charge in [-0.2, -0.15) is 0 Å². The molecule has 0 aromatic heterocycles. The zero-order chi connectivity index (χ0) is 23.2.